The summed E-state index contributed by atoms with van der Waals surface area (Å²) in [4.78, 5) is 25.9. The number of furan rings is 1. The normalized spacial score (nSPS) is 16.3. The number of nitrogens with one attached hydrogen (secondary N) is 2. The summed E-state index contributed by atoms with van der Waals surface area (Å²) in [5.41, 5.74) is 1.31. The van der Waals surface area contributed by atoms with Crippen molar-refractivity contribution in [2.75, 3.05) is 10.6 Å². The van der Waals surface area contributed by atoms with Crippen LogP contribution in [0.1, 0.15) is 44.7 Å². The van der Waals surface area contributed by atoms with Crippen LogP contribution >= 0.6 is 11.3 Å². The van der Waals surface area contributed by atoms with Crippen molar-refractivity contribution in [1.82, 2.24) is 9.78 Å². The Balaban J connectivity index is 1.74. The number of carbonyl (C=O) groups is 2. The third-order valence-electron chi connectivity index (χ3n) is 4.48. The molecule has 4 rings (SSSR count). The number of aromatic nitrogens is 2. The first-order valence-electron chi connectivity index (χ1n) is 8.22. The van der Waals surface area contributed by atoms with Crippen molar-refractivity contribution >= 4 is 34.8 Å². The zero-order valence-electron chi connectivity index (χ0n) is 14.6. The van der Waals surface area contributed by atoms with E-state index < -0.39 is 0 Å². The quantitative estimate of drug-likeness (QED) is 0.739. The van der Waals surface area contributed by atoms with E-state index in [1.165, 1.54) is 0 Å². The van der Waals surface area contributed by atoms with Crippen LogP contribution in [0.25, 0.3) is 0 Å². The van der Waals surface area contributed by atoms with Gasteiger partial charge in [0, 0.05) is 29.8 Å². The summed E-state index contributed by atoms with van der Waals surface area (Å²) in [5, 5.41) is 12.2. The smallest absolute Gasteiger partial charge is 0.260 e. The Morgan fingerprint density at radius 3 is 2.92 bits per heavy atom. The van der Waals surface area contributed by atoms with Gasteiger partial charge in [0.1, 0.15) is 17.3 Å². The van der Waals surface area contributed by atoms with Crippen LogP contribution in [0.3, 0.4) is 0 Å². The van der Waals surface area contributed by atoms with Crippen molar-refractivity contribution in [1.29, 1.82) is 0 Å². The average Bonchev–Trinajstić information content (AvgIpc) is 3.28. The molecule has 8 heteroatoms. The monoisotopic (exact) mass is 370 g/mol. The second-order valence-electron chi connectivity index (χ2n) is 6.34. The maximum Gasteiger partial charge on any atom is 0.260 e. The third kappa shape index (κ3) is 2.72. The number of nitrogens with zero attached hydrogens (tertiary/aromatic N) is 2. The predicted octanol–water partition coefficient (Wildman–Crippen LogP) is 3.42. The zero-order valence-corrected chi connectivity index (χ0v) is 15.4. The van der Waals surface area contributed by atoms with Gasteiger partial charge in [-0.2, -0.15) is 5.10 Å². The second kappa shape index (κ2) is 6.14. The van der Waals surface area contributed by atoms with Crippen LogP contribution < -0.4 is 10.6 Å². The number of amides is 2. The molecule has 3 aromatic heterocycles. The fraction of sp³-hybridized carbons (Fsp3) is 0.278. The van der Waals surface area contributed by atoms with Gasteiger partial charge in [-0.05, 0) is 31.4 Å². The summed E-state index contributed by atoms with van der Waals surface area (Å²) in [6, 6.07) is 5.66. The molecule has 0 bridgehead atoms. The number of carbonyl (C=O) groups excluding carboxylic acids is 2. The second-order valence-corrected chi connectivity index (χ2v) is 7.32. The summed E-state index contributed by atoms with van der Waals surface area (Å²) in [5.74, 6) is 1.86. The fourth-order valence-corrected chi connectivity index (χ4v) is 4.18. The van der Waals surface area contributed by atoms with Gasteiger partial charge in [-0.3, -0.25) is 14.3 Å². The minimum Gasteiger partial charge on any atom is -0.466 e. The maximum atomic E-state index is 12.7. The molecule has 1 atom stereocenters. The van der Waals surface area contributed by atoms with E-state index in [1.54, 1.807) is 43.0 Å². The predicted molar refractivity (Wildman–Crippen MR) is 98.8 cm³/mol. The molecule has 1 unspecified atom stereocenters. The number of aryl methyl sites for hydroxylation is 3. The minimum atomic E-state index is -0.276. The molecular weight excluding hydrogens is 352 g/mol. The van der Waals surface area contributed by atoms with E-state index in [0.29, 0.717) is 35.1 Å². The molecule has 3 aromatic rings. The lowest BCUT2D eigenvalue weighted by molar-refractivity contribution is -0.116. The van der Waals surface area contributed by atoms with Gasteiger partial charge in [0.05, 0.1) is 5.56 Å². The number of hydrogen-bond donors (Lipinski definition) is 2. The van der Waals surface area contributed by atoms with Crippen molar-refractivity contribution < 1.29 is 14.0 Å². The van der Waals surface area contributed by atoms with Crippen molar-refractivity contribution in [3.05, 3.63) is 51.1 Å². The van der Waals surface area contributed by atoms with Gasteiger partial charge in [-0.15, -0.1) is 11.3 Å². The average molecular weight is 370 g/mol. The molecule has 134 valence electrons. The number of thiophene rings is 1. The molecule has 0 fully saturated rings. The summed E-state index contributed by atoms with van der Waals surface area (Å²) in [7, 11) is 1.75. The molecule has 0 spiro atoms. The van der Waals surface area contributed by atoms with Crippen LogP contribution in [0.2, 0.25) is 0 Å². The molecule has 1 aliphatic heterocycles. The molecule has 0 aromatic carbocycles. The highest BCUT2D eigenvalue weighted by Crippen LogP contribution is 2.42. The van der Waals surface area contributed by atoms with Gasteiger partial charge in [0.2, 0.25) is 5.91 Å². The summed E-state index contributed by atoms with van der Waals surface area (Å²) in [6.07, 6.45) is 0.325. The van der Waals surface area contributed by atoms with Crippen molar-refractivity contribution in [3.8, 4) is 0 Å². The van der Waals surface area contributed by atoms with Crippen molar-refractivity contribution in [2.24, 2.45) is 7.05 Å². The van der Waals surface area contributed by atoms with Crippen LogP contribution in [0, 0.1) is 13.8 Å². The summed E-state index contributed by atoms with van der Waals surface area (Å²) in [6.45, 7) is 3.55. The molecule has 4 heterocycles. The highest BCUT2D eigenvalue weighted by Gasteiger charge is 2.34. The van der Waals surface area contributed by atoms with Crippen LogP contribution in [-0.4, -0.2) is 21.6 Å². The first kappa shape index (κ1) is 16.6. The first-order valence-corrected chi connectivity index (χ1v) is 9.10. The van der Waals surface area contributed by atoms with Gasteiger partial charge >= 0.3 is 0 Å². The van der Waals surface area contributed by atoms with E-state index in [1.807, 2.05) is 17.5 Å². The van der Waals surface area contributed by atoms with Crippen LogP contribution in [0.5, 0.6) is 0 Å². The van der Waals surface area contributed by atoms with Gasteiger partial charge in [-0.1, -0.05) is 6.07 Å². The van der Waals surface area contributed by atoms with E-state index >= 15 is 0 Å². The van der Waals surface area contributed by atoms with Crippen LogP contribution in [0.4, 0.5) is 11.6 Å². The fourth-order valence-electron chi connectivity index (χ4n) is 3.35. The number of hydrogen-bond acceptors (Lipinski definition) is 5. The van der Waals surface area contributed by atoms with Crippen molar-refractivity contribution in [2.45, 2.75) is 26.2 Å². The molecule has 7 nitrogen and oxygen atoms in total. The van der Waals surface area contributed by atoms with E-state index in [2.05, 4.69) is 15.7 Å². The highest BCUT2D eigenvalue weighted by molar-refractivity contribution is 7.10. The molecule has 1 aliphatic rings. The Hall–Kier alpha value is -2.87. The van der Waals surface area contributed by atoms with Gasteiger partial charge in [0.15, 0.2) is 5.82 Å². The lowest BCUT2D eigenvalue weighted by Gasteiger charge is -2.22. The highest BCUT2D eigenvalue weighted by atomic mass is 32.1. The summed E-state index contributed by atoms with van der Waals surface area (Å²) >= 11 is 1.59. The Morgan fingerprint density at radius 1 is 1.46 bits per heavy atom. The lowest BCUT2D eigenvalue weighted by atomic mass is 9.92. The van der Waals surface area contributed by atoms with Crippen molar-refractivity contribution in [3.63, 3.8) is 0 Å². The minimum absolute atomic E-state index is 0.0573. The van der Waals surface area contributed by atoms with E-state index in [9.17, 15) is 9.59 Å². The third-order valence-corrected chi connectivity index (χ3v) is 5.47. The number of rotatable bonds is 3. The Bertz CT molecular complexity index is 1000. The zero-order chi connectivity index (χ0) is 18.4. The van der Waals surface area contributed by atoms with E-state index in [-0.39, 0.29) is 17.7 Å². The van der Waals surface area contributed by atoms with Crippen LogP contribution in [0.15, 0.2) is 28.0 Å². The molecule has 0 saturated heterocycles. The molecule has 0 saturated carbocycles. The van der Waals surface area contributed by atoms with E-state index in [0.717, 1.165) is 10.4 Å². The van der Waals surface area contributed by atoms with Crippen LogP contribution in [-0.2, 0) is 11.8 Å². The Labute approximate surface area is 154 Å². The van der Waals surface area contributed by atoms with Gasteiger partial charge < -0.3 is 15.1 Å². The molecule has 0 aliphatic carbocycles. The summed E-state index contributed by atoms with van der Waals surface area (Å²) < 4.78 is 7.04. The molecule has 26 heavy (non-hydrogen) atoms. The van der Waals surface area contributed by atoms with Gasteiger partial charge in [0.25, 0.3) is 5.91 Å². The molecule has 0 radical (unpaired) electrons. The number of anilines is 2. The molecular formula is C18H18N4O3S. The first-order chi connectivity index (χ1) is 12.4. The largest absolute Gasteiger partial charge is 0.466 e. The van der Waals surface area contributed by atoms with Gasteiger partial charge in [-0.25, -0.2) is 0 Å². The molecule has 2 N–H and O–H groups in total. The Kier molecular flexibility index (Phi) is 3.91. The Morgan fingerprint density at radius 2 is 2.27 bits per heavy atom. The lowest BCUT2D eigenvalue weighted by Crippen LogP contribution is -2.24. The standard InChI is InChI=1S/C18H18N4O3S/c1-9-7-11(10(2)25-9)18(24)20-16-15-12(13-5-4-6-26-13)8-14(23)19-17(15)22(3)21-16/h4-7,12H,8H2,1-3H3,(H,19,23)(H,20,21,24). The SMILES string of the molecule is Cc1cc(C(=O)Nc2nn(C)c3c2C(c2cccs2)CC(=O)N3)c(C)o1. The topological polar surface area (TPSA) is 89.2 Å². The maximum absolute atomic E-state index is 12.7. The van der Waals surface area contributed by atoms with E-state index in [4.69, 9.17) is 4.42 Å². The molecule has 2 amide bonds. The number of fused-ring (bicyclic) bond motifs is 1.